The Labute approximate surface area is 108 Å². The van der Waals surface area contributed by atoms with Gasteiger partial charge in [0, 0.05) is 11.3 Å². The van der Waals surface area contributed by atoms with Crippen molar-refractivity contribution in [1.29, 1.82) is 0 Å². The molecule has 1 aromatic carbocycles. The molecule has 2 rings (SSSR count). The number of aryl methyl sites for hydroxylation is 2. The fourth-order valence-electron chi connectivity index (χ4n) is 1.72. The maximum absolute atomic E-state index is 13.5. The van der Waals surface area contributed by atoms with Crippen molar-refractivity contribution < 1.29 is 13.9 Å². The van der Waals surface area contributed by atoms with Crippen molar-refractivity contribution in [1.82, 2.24) is 4.98 Å². The summed E-state index contributed by atoms with van der Waals surface area (Å²) in [4.78, 5) is 5.30. The quantitative estimate of drug-likeness (QED) is 0.927. The van der Waals surface area contributed by atoms with Crippen LogP contribution in [0.1, 0.15) is 27.2 Å². The van der Waals surface area contributed by atoms with Crippen LogP contribution < -0.4 is 0 Å². The van der Waals surface area contributed by atoms with Crippen LogP contribution in [0.3, 0.4) is 0 Å². The smallest absolute Gasteiger partial charge is 0.131 e. The van der Waals surface area contributed by atoms with E-state index in [0.717, 1.165) is 22.7 Å². The van der Waals surface area contributed by atoms with E-state index in [2.05, 4.69) is 4.98 Å². The Hall–Kier alpha value is -1.33. The van der Waals surface area contributed by atoms with Gasteiger partial charge in [0.15, 0.2) is 0 Å². The summed E-state index contributed by atoms with van der Waals surface area (Å²) in [6.07, 6.45) is -1.09. The molecule has 0 aliphatic carbocycles. The van der Waals surface area contributed by atoms with Crippen molar-refractivity contribution >= 4 is 11.3 Å². The van der Waals surface area contributed by atoms with E-state index in [0.29, 0.717) is 5.01 Å². The Kier molecular flexibility index (Phi) is 3.73. The van der Waals surface area contributed by atoms with Crippen LogP contribution in [0.2, 0.25) is 0 Å². The van der Waals surface area contributed by atoms with Crippen LogP contribution in [-0.4, -0.2) is 10.1 Å². The molecule has 1 atom stereocenters. The molecule has 1 unspecified atom stereocenters. The highest BCUT2D eigenvalue weighted by atomic mass is 32.1. The van der Waals surface area contributed by atoms with E-state index < -0.39 is 17.7 Å². The van der Waals surface area contributed by atoms with Gasteiger partial charge >= 0.3 is 0 Å². The molecular weight excluding hydrogens is 256 g/mol. The van der Waals surface area contributed by atoms with Crippen molar-refractivity contribution in [2.24, 2.45) is 0 Å². The summed E-state index contributed by atoms with van der Waals surface area (Å²) in [6, 6.07) is 3.55. The van der Waals surface area contributed by atoms with Gasteiger partial charge in [-0.3, -0.25) is 0 Å². The highest BCUT2D eigenvalue weighted by molar-refractivity contribution is 7.11. The van der Waals surface area contributed by atoms with Crippen LogP contribution in [0, 0.1) is 25.5 Å². The van der Waals surface area contributed by atoms with Crippen molar-refractivity contribution in [3.63, 3.8) is 0 Å². The van der Waals surface area contributed by atoms with Crippen LogP contribution in [-0.2, 0) is 6.42 Å². The molecule has 18 heavy (non-hydrogen) atoms. The lowest BCUT2D eigenvalue weighted by Gasteiger charge is -2.11. The van der Waals surface area contributed by atoms with E-state index >= 15 is 0 Å². The third-order valence-electron chi connectivity index (χ3n) is 2.77. The van der Waals surface area contributed by atoms with Crippen LogP contribution in [0.4, 0.5) is 8.78 Å². The Morgan fingerprint density at radius 3 is 2.39 bits per heavy atom. The van der Waals surface area contributed by atoms with Gasteiger partial charge < -0.3 is 5.11 Å². The topological polar surface area (TPSA) is 33.1 Å². The van der Waals surface area contributed by atoms with E-state index in [1.807, 2.05) is 13.8 Å². The Bertz CT molecular complexity index is 528. The van der Waals surface area contributed by atoms with E-state index in [4.69, 9.17) is 0 Å². The van der Waals surface area contributed by atoms with Crippen LogP contribution in [0.25, 0.3) is 0 Å². The first-order valence-corrected chi connectivity index (χ1v) is 6.35. The summed E-state index contributed by atoms with van der Waals surface area (Å²) in [5.41, 5.74) is 0.596. The molecule has 1 heterocycles. The van der Waals surface area contributed by atoms with Crippen LogP contribution in [0.15, 0.2) is 18.2 Å². The highest BCUT2D eigenvalue weighted by Gasteiger charge is 2.19. The molecule has 0 radical (unpaired) electrons. The maximum atomic E-state index is 13.5. The lowest BCUT2D eigenvalue weighted by atomic mass is 10.1. The minimum absolute atomic E-state index is 0.122. The van der Waals surface area contributed by atoms with Gasteiger partial charge in [-0.05, 0) is 26.0 Å². The first kappa shape index (κ1) is 13.1. The molecule has 0 saturated carbocycles. The second-order valence-corrected chi connectivity index (χ2v) is 5.39. The Morgan fingerprint density at radius 2 is 1.89 bits per heavy atom. The number of hydrogen-bond donors (Lipinski definition) is 1. The van der Waals surface area contributed by atoms with E-state index in [-0.39, 0.29) is 12.0 Å². The average molecular weight is 269 g/mol. The lowest BCUT2D eigenvalue weighted by molar-refractivity contribution is 0.168. The first-order chi connectivity index (χ1) is 8.49. The monoisotopic (exact) mass is 269 g/mol. The zero-order chi connectivity index (χ0) is 13.3. The summed E-state index contributed by atoms with van der Waals surface area (Å²) in [5.74, 6) is -1.46. The minimum Gasteiger partial charge on any atom is -0.388 e. The fourth-order valence-corrected chi connectivity index (χ4v) is 2.69. The molecule has 0 fully saturated rings. The number of rotatable bonds is 3. The van der Waals surface area contributed by atoms with Gasteiger partial charge in [-0.1, -0.05) is 6.07 Å². The molecule has 0 saturated heterocycles. The third kappa shape index (κ3) is 2.57. The molecule has 0 bridgehead atoms. The Morgan fingerprint density at radius 1 is 1.28 bits per heavy atom. The first-order valence-electron chi connectivity index (χ1n) is 5.54. The number of aliphatic hydroxyl groups is 1. The summed E-state index contributed by atoms with van der Waals surface area (Å²) in [7, 11) is 0. The van der Waals surface area contributed by atoms with Crippen molar-refractivity contribution in [3.05, 3.63) is 51.0 Å². The summed E-state index contributed by atoms with van der Waals surface area (Å²) in [6.45, 7) is 3.79. The SMILES string of the molecule is Cc1nc(CC(O)c2c(F)cccc2F)sc1C. The second kappa shape index (κ2) is 5.12. The standard InChI is InChI=1S/C13H13F2NOS/c1-7-8(2)18-12(16-7)6-11(17)13-9(14)4-3-5-10(13)15/h3-5,11,17H,6H2,1-2H3. The number of halogens is 2. The average Bonchev–Trinajstić information content (AvgIpc) is 2.57. The normalized spacial score (nSPS) is 12.7. The summed E-state index contributed by atoms with van der Waals surface area (Å²) in [5, 5.41) is 10.6. The molecule has 5 heteroatoms. The maximum Gasteiger partial charge on any atom is 0.131 e. The molecule has 0 aliphatic heterocycles. The molecule has 2 nitrogen and oxygen atoms in total. The molecule has 0 amide bonds. The van der Waals surface area contributed by atoms with E-state index in [1.165, 1.54) is 17.4 Å². The molecule has 2 aromatic rings. The van der Waals surface area contributed by atoms with Gasteiger partial charge in [-0.2, -0.15) is 0 Å². The van der Waals surface area contributed by atoms with Gasteiger partial charge in [0.05, 0.1) is 22.4 Å². The zero-order valence-corrected chi connectivity index (χ0v) is 10.9. The summed E-state index contributed by atoms with van der Waals surface area (Å²) < 4.78 is 26.9. The van der Waals surface area contributed by atoms with Crippen molar-refractivity contribution in [2.45, 2.75) is 26.4 Å². The Balaban J connectivity index is 2.24. The molecular formula is C13H13F2NOS. The van der Waals surface area contributed by atoms with Crippen molar-refractivity contribution in [3.8, 4) is 0 Å². The van der Waals surface area contributed by atoms with Crippen molar-refractivity contribution in [2.75, 3.05) is 0 Å². The predicted octanol–water partition coefficient (Wildman–Crippen LogP) is 3.31. The zero-order valence-electron chi connectivity index (χ0n) is 10.1. The largest absolute Gasteiger partial charge is 0.388 e. The molecule has 1 aromatic heterocycles. The van der Waals surface area contributed by atoms with Gasteiger partial charge in [-0.25, -0.2) is 13.8 Å². The fraction of sp³-hybridized carbons (Fsp3) is 0.308. The number of thiazole rings is 1. The number of hydrogen-bond acceptors (Lipinski definition) is 3. The minimum atomic E-state index is -1.21. The predicted molar refractivity (Wildman–Crippen MR) is 66.6 cm³/mol. The number of aromatic nitrogens is 1. The number of nitrogens with zero attached hydrogens (tertiary/aromatic N) is 1. The highest BCUT2D eigenvalue weighted by Crippen LogP contribution is 2.26. The second-order valence-electron chi connectivity index (χ2n) is 4.10. The molecule has 0 aliphatic rings. The third-order valence-corrected chi connectivity index (χ3v) is 3.87. The van der Waals surface area contributed by atoms with Gasteiger partial charge in [0.25, 0.3) is 0 Å². The number of benzene rings is 1. The van der Waals surface area contributed by atoms with E-state index in [1.54, 1.807) is 0 Å². The van der Waals surface area contributed by atoms with Crippen LogP contribution in [0.5, 0.6) is 0 Å². The molecule has 96 valence electrons. The van der Waals surface area contributed by atoms with Gasteiger partial charge in [0.2, 0.25) is 0 Å². The lowest BCUT2D eigenvalue weighted by Crippen LogP contribution is -2.07. The van der Waals surface area contributed by atoms with Crippen LogP contribution >= 0.6 is 11.3 Å². The van der Waals surface area contributed by atoms with Gasteiger partial charge in [-0.15, -0.1) is 11.3 Å². The van der Waals surface area contributed by atoms with E-state index in [9.17, 15) is 13.9 Å². The molecule has 1 N–H and O–H groups in total. The summed E-state index contributed by atoms with van der Waals surface area (Å²) >= 11 is 1.43. The van der Waals surface area contributed by atoms with Gasteiger partial charge in [0.1, 0.15) is 11.6 Å². The number of aliphatic hydroxyl groups excluding tert-OH is 1. The molecule has 0 spiro atoms.